The van der Waals surface area contributed by atoms with Crippen molar-refractivity contribution in [1.82, 2.24) is 9.55 Å². The molecule has 0 aliphatic heterocycles. The molecule has 1 aliphatic carbocycles. The Bertz CT molecular complexity index is 697. The van der Waals surface area contributed by atoms with E-state index in [2.05, 4.69) is 10.3 Å². The number of rotatable bonds is 4. The molecule has 3 rings (SSSR count). The lowest BCUT2D eigenvalue weighted by molar-refractivity contribution is 0.627. The van der Waals surface area contributed by atoms with E-state index >= 15 is 0 Å². The van der Waals surface area contributed by atoms with Crippen LogP contribution in [-0.4, -0.2) is 9.55 Å². The topological polar surface area (TPSA) is 46.9 Å². The lowest BCUT2D eigenvalue weighted by Gasteiger charge is -2.08. The first-order chi connectivity index (χ1) is 9.65. The Hall–Kier alpha value is -1.88. The van der Waals surface area contributed by atoms with E-state index < -0.39 is 5.82 Å². The van der Waals surface area contributed by atoms with E-state index in [1.165, 1.54) is 12.1 Å². The molecular formula is C14H13ClFN3O. The van der Waals surface area contributed by atoms with E-state index in [1.54, 1.807) is 23.0 Å². The molecule has 0 saturated heterocycles. The molecule has 0 spiro atoms. The molecule has 1 fully saturated rings. The Labute approximate surface area is 120 Å². The molecule has 1 aromatic heterocycles. The Morgan fingerprint density at radius 2 is 2.25 bits per heavy atom. The summed E-state index contributed by atoms with van der Waals surface area (Å²) in [7, 11) is 0. The lowest BCUT2D eigenvalue weighted by Crippen LogP contribution is -2.23. The van der Waals surface area contributed by atoms with Gasteiger partial charge in [-0.3, -0.25) is 4.79 Å². The number of aromatic nitrogens is 2. The number of anilines is 1. The predicted octanol–water partition coefficient (Wildman–Crippen LogP) is 2.98. The molecule has 1 saturated carbocycles. The molecule has 104 valence electrons. The molecule has 0 bridgehead atoms. The molecule has 6 heteroatoms. The smallest absolute Gasteiger partial charge is 0.293 e. The summed E-state index contributed by atoms with van der Waals surface area (Å²) in [6.45, 7) is 0.372. The Balaban J connectivity index is 1.76. The Morgan fingerprint density at radius 1 is 1.45 bits per heavy atom. The first-order valence-corrected chi connectivity index (χ1v) is 6.78. The standard InChI is InChI=1S/C14H13ClFN3O/c15-11-7-9(1-4-12(11)16)8-18-13-14(20)19(6-5-17-13)10-2-3-10/h1,4-7,10H,2-3,8H2,(H,17,18). The molecule has 0 amide bonds. The molecule has 1 heterocycles. The summed E-state index contributed by atoms with van der Waals surface area (Å²) in [4.78, 5) is 16.2. The van der Waals surface area contributed by atoms with Crippen LogP contribution in [0.5, 0.6) is 0 Å². The number of halogens is 2. The van der Waals surface area contributed by atoms with Gasteiger partial charge in [-0.15, -0.1) is 0 Å². The van der Waals surface area contributed by atoms with Gasteiger partial charge in [-0.1, -0.05) is 17.7 Å². The molecule has 1 aromatic carbocycles. The highest BCUT2D eigenvalue weighted by Crippen LogP contribution is 2.33. The van der Waals surface area contributed by atoms with Crippen molar-refractivity contribution in [2.75, 3.05) is 5.32 Å². The van der Waals surface area contributed by atoms with Crippen molar-refractivity contribution in [2.45, 2.75) is 25.4 Å². The monoisotopic (exact) mass is 293 g/mol. The molecule has 0 unspecified atom stereocenters. The number of nitrogens with zero attached hydrogens (tertiary/aromatic N) is 2. The van der Waals surface area contributed by atoms with Gasteiger partial charge in [0.1, 0.15) is 5.82 Å². The van der Waals surface area contributed by atoms with E-state index in [-0.39, 0.29) is 10.6 Å². The number of benzene rings is 1. The number of hydrogen-bond acceptors (Lipinski definition) is 3. The van der Waals surface area contributed by atoms with Crippen LogP contribution in [0.3, 0.4) is 0 Å². The molecule has 4 nitrogen and oxygen atoms in total. The maximum atomic E-state index is 13.1. The minimum absolute atomic E-state index is 0.0701. The van der Waals surface area contributed by atoms with Crippen LogP contribution in [0.25, 0.3) is 0 Å². The molecule has 1 N–H and O–H groups in total. The normalized spacial score (nSPS) is 14.3. The van der Waals surface area contributed by atoms with Gasteiger partial charge < -0.3 is 9.88 Å². The van der Waals surface area contributed by atoms with Gasteiger partial charge in [0.2, 0.25) is 0 Å². The maximum Gasteiger partial charge on any atom is 0.293 e. The van der Waals surface area contributed by atoms with Crippen molar-refractivity contribution >= 4 is 17.4 Å². The van der Waals surface area contributed by atoms with Gasteiger partial charge in [-0.25, -0.2) is 9.37 Å². The second kappa shape index (κ2) is 5.25. The van der Waals surface area contributed by atoms with Crippen LogP contribution in [0, 0.1) is 5.82 Å². The fourth-order valence-electron chi connectivity index (χ4n) is 2.02. The summed E-state index contributed by atoms with van der Waals surface area (Å²) >= 11 is 5.72. The quantitative estimate of drug-likeness (QED) is 0.943. The van der Waals surface area contributed by atoms with Gasteiger partial charge in [0.25, 0.3) is 5.56 Å². The highest BCUT2D eigenvalue weighted by Gasteiger charge is 2.25. The molecule has 20 heavy (non-hydrogen) atoms. The zero-order valence-corrected chi connectivity index (χ0v) is 11.4. The minimum Gasteiger partial charge on any atom is -0.361 e. The van der Waals surface area contributed by atoms with Gasteiger partial charge >= 0.3 is 0 Å². The van der Waals surface area contributed by atoms with Crippen molar-refractivity contribution in [2.24, 2.45) is 0 Å². The number of hydrogen-bond donors (Lipinski definition) is 1. The average molecular weight is 294 g/mol. The summed E-state index contributed by atoms with van der Waals surface area (Å²) in [5, 5.41) is 3.04. The van der Waals surface area contributed by atoms with Crippen molar-refractivity contribution < 1.29 is 4.39 Å². The third kappa shape index (κ3) is 2.67. The largest absolute Gasteiger partial charge is 0.361 e. The summed E-state index contributed by atoms with van der Waals surface area (Å²) < 4.78 is 14.8. The van der Waals surface area contributed by atoms with Crippen LogP contribution in [0.4, 0.5) is 10.2 Å². The predicted molar refractivity (Wildman–Crippen MR) is 75.5 cm³/mol. The molecule has 2 aromatic rings. The van der Waals surface area contributed by atoms with Crippen LogP contribution in [-0.2, 0) is 6.54 Å². The minimum atomic E-state index is -0.454. The Morgan fingerprint density at radius 3 is 2.95 bits per heavy atom. The summed E-state index contributed by atoms with van der Waals surface area (Å²) in [5.41, 5.74) is 0.669. The fraction of sp³-hybridized carbons (Fsp3) is 0.286. The highest BCUT2D eigenvalue weighted by atomic mass is 35.5. The van der Waals surface area contributed by atoms with Gasteiger partial charge in [0.05, 0.1) is 5.02 Å². The van der Waals surface area contributed by atoms with E-state index in [0.717, 1.165) is 18.4 Å². The van der Waals surface area contributed by atoms with Crippen LogP contribution in [0.15, 0.2) is 35.4 Å². The average Bonchev–Trinajstić information content (AvgIpc) is 3.26. The summed E-state index contributed by atoms with van der Waals surface area (Å²) in [6, 6.07) is 4.77. The van der Waals surface area contributed by atoms with E-state index in [0.29, 0.717) is 18.4 Å². The zero-order valence-electron chi connectivity index (χ0n) is 10.6. The first kappa shape index (κ1) is 13.1. The summed E-state index contributed by atoms with van der Waals surface area (Å²) in [5.74, 6) is -0.149. The molecular weight excluding hydrogens is 281 g/mol. The van der Waals surface area contributed by atoms with Crippen LogP contribution in [0.2, 0.25) is 5.02 Å². The van der Waals surface area contributed by atoms with Gasteiger partial charge in [0.15, 0.2) is 5.82 Å². The van der Waals surface area contributed by atoms with Crippen LogP contribution >= 0.6 is 11.6 Å². The molecule has 1 aliphatic rings. The van der Waals surface area contributed by atoms with Crippen molar-refractivity contribution in [3.63, 3.8) is 0 Å². The van der Waals surface area contributed by atoms with E-state index in [4.69, 9.17) is 11.6 Å². The Kier molecular flexibility index (Phi) is 3.44. The number of nitrogens with one attached hydrogen (secondary N) is 1. The van der Waals surface area contributed by atoms with Crippen molar-refractivity contribution in [3.8, 4) is 0 Å². The van der Waals surface area contributed by atoms with Crippen LogP contribution in [0.1, 0.15) is 24.4 Å². The maximum absolute atomic E-state index is 13.1. The van der Waals surface area contributed by atoms with Gasteiger partial charge in [-0.05, 0) is 30.5 Å². The second-order valence-electron chi connectivity index (χ2n) is 4.82. The van der Waals surface area contributed by atoms with Crippen LogP contribution < -0.4 is 10.9 Å². The lowest BCUT2D eigenvalue weighted by atomic mass is 10.2. The molecule has 0 radical (unpaired) electrons. The first-order valence-electron chi connectivity index (χ1n) is 6.40. The zero-order chi connectivity index (χ0) is 14.1. The third-order valence-electron chi connectivity index (χ3n) is 3.25. The van der Waals surface area contributed by atoms with E-state index in [1.807, 2.05) is 0 Å². The van der Waals surface area contributed by atoms with Crippen molar-refractivity contribution in [3.05, 3.63) is 57.3 Å². The SMILES string of the molecule is O=c1c(NCc2ccc(F)c(Cl)c2)nccn1C1CC1. The van der Waals surface area contributed by atoms with Crippen molar-refractivity contribution in [1.29, 1.82) is 0 Å². The van der Waals surface area contributed by atoms with Gasteiger partial charge in [-0.2, -0.15) is 0 Å². The van der Waals surface area contributed by atoms with E-state index in [9.17, 15) is 9.18 Å². The highest BCUT2D eigenvalue weighted by molar-refractivity contribution is 6.30. The van der Waals surface area contributed by atoms with Gasteiger partial charge in [0, 0.05) is 25.0 Å². The molecule has 0 atom stereocenters. The summed E-state index contributed by atoms with van der Waals surface area (Å²) in [6.07, 6.45) is 5.40. The third-order valence-corrected chi connectivity index (χ3v) is 3.54. The fourth-order valence-corrected chi connectivity index (χ4v) is 2.22. The second-order valence-corrected chi connectivity index (χ2v) is 5.23.